The zero-order valence-electron chi connectivity index (χ0n) is 11.0. The molecule has 0 spiro atoms. The number of nitrogens with zero attached hydrogens (tertiary/aromatic N) is 1. The lowest BCUT2D eigenvalue weighted by molar-refractivity contribution is -0.127. The van der Waals surface area contributed by atoms with Crippen molar-refractivity contribution in [3.8, 4) is 5.75 Å². The number of benzene rings is 1. The molecule has 0 aliphatic rings. The molecule has 2 N–H and O–H groups in total. The predicted octanol–water partition coefficient (Wildman–Crippen LogP) is 1.80. The molecular weight excluding hydrogens is 242 g/mol. The van der Waals surface area contributed by atoms with Gasteiger partial charge in [-0.2, -0.15) is 5.10 Å². The summed E-state index contributed by atoms with van der Waals surface area (Å²) in [5.74, 6) is 0.540. The topological polar surface area (TPSA) is 67.0 Å². The van der Waals surface area contributed by atoms with Crippen LogP contribution in [0.2, 0.25) is 0 Å². The highest BCUT2D eigenvalue weighted by molar-refractivity contribution is 5.80. The van der Waals surface area contributed by atoms with Crippen molar-refractivity contribution in [1.29, 1.82) is 0 Å². The SMILES string of the molecule is Cc1ccc(OC(C)C(=O)NCc2cn[nH]c2)cc1. The van der Waals surface area contributed by atoms with Gasteiger partial charge in [0.15, 0.2) is 6.10 Å². The van der Waals surface area contributed by atoms with Crippen molar-refractivity contribution in [2.75, 3.05) is 0 Å². The van der Waals surface area contributed by atoms with Crippen molar-refractivity contribution in [3.05, 3.63) is 47.8 Å². The van der Waals surface area contributed by atoms with Crippen LogP contribution in [0, 0.1) is 6.92 Å². The molecule has 100 valence electrons. The minimum absolute atomic E-state index is 0.151. The summed E-state index contributed by atoms with van der Waals surface area (Å²) in [4.78, 5) is 11.8. The molecule has 0 aliphatic heterocycles. The monoisotopic (exact) mass is 259 g/mol. The second-order valence-corrected chi connectivity index (χ2v) is 4.40. The van der Waals surface area contributed by atoms with Crippen molar-refractivity contribution < 1.29 is 9.53 Å². The lowest BCUT2D eigenvalue weighted by atomic mass is 10.2. The predicted molar refractivity (Wildman–Crippen MR) is 71.7 cm³/mol. The minimum atomic E-state index is -0.533. The van der Waals surface area contributed by atoms with Crippen molar-refractivity contribution in [3.63, 3.8) is 0 Å². The van der Waals surface area contributed by atoms with E-state index in [0.717, 1.165) is 11.1 Å². The minimum Gasteiger partial charge on any atom is -0.481 e. The molecule has 0 aliphatic carbocycles. The summed E-state index contributed by atoms with van der Waals surface area (Å²) in [6, 6.07) is 7.61. The first-order valence-corrected chi connectivity index (χ1v) is 6.14. The molecule has 19 heavy (non-hydrogen) atoms. The number of H-pyrrole nitrogens is 1. The number of nitrogens with one attached hydrogen (secondary N) is 2. The summed E-state index contributed by atoms with van der Waals surface area (Å²) in [7, 11) is 0. The zero-order chi connectivity index (χ0) is 13.7. The van der Waals surface area contributed by atoms with Crippen LogP contribution in [0.15, 0.2) is 36.7 Å². The fourth-order valence-corrected chi connectivity index (χ4v) is 1.58. The highest BCUT2D eigenvalue weighted by Gasteiger charge is 2.14. The van der Waals surface area contributed by atoms with Crippen molar-refractivity contribution in [1.82, 2.24) is 15.5 Å². The van der Waals surface area contributed by atoms with Crippen molar-refractivity contribution in [2.45, 2.75) is 26.5 Å². The van der Waals surface area contributed by atoms with Crippen molar-refractivity contribution in [2.24, 2.45) is 0 Å². The summed E-state index contributed by atoms with van der Waals surface area (Å²) in [6.45, 7) is 4.17. The fourth-order valence-electron chi connectivity index (χ4n) is 1.58. The molecule has 1 heterocycles. The van der Waals surface area contributed by atoms with Gasteiger partial charge < -0.3 is 10.1 Å². The van der Waals surface area contributed by atoms with E-state index in [1.54, 1.807) is 19.3 Å². The second-order valence-electron chi connectivity index (χ2n) is 4.40. The van der Waals surface area contributed by atoms with Crippen LogP contribution in [0.1, 0.15) is 18.1 Å². The van der Waals surface area contributed by atoms with Gasteiger partial charge in [0, 0.05) is 18.3 Å². The third-order valence-electron chi connectivity index (χ3n) is 2.72. The van der Waals surface area contributed by atoms with E-state index >= 15 is 0 Å². The van der Waals surface area contributed by atoms with Crippen LogP contribution in [0.25, 0.3) is 0 Å². The second kappa shape index (κ2) is 6.04. The van der Waals surface area contributed by atoms with E-state index in [4.69, 9.17) is 4.74 Å². The molecule has 1 aromatic heterocycles. The van der Waals surface area contributed by atoms with Gasteiger partial charge in [-0.3, -0.25) is 9.89 Å². The number of aromatic amines is 1. The highest BCUT2D eigenvalue weighted by atomic mass is 16.5. The Balaban J connectivity index is 1.83. The zero-order valence-corrected chi connectivity index (χ0v) is 11.0. The van der Waals surface area contributed by atoms with Gasteiger partial charge in [0.05, 0.1) is 6.20 Å². The van der Waals surface area contributed by atoms with Crippen LogP contribution >= 0.6 is 0 Å². The van der Waals surface area contributed by atoms with Crippen molar-refractivity contribution >= 4 is 5.91 Å². The first-order valence-electron chi connectivity index (χ1n) is 6.14. The van der Waals surface area contributed by atoms with E-state index in [9.17, 15) is 4.79 Å². The maximum atomic E-state index is 11.8. The molecule has 1 amide bonds. The number of carbonyl (C=O) groups excluding carboxylic acids is 1. The molecule has 5 heteroatoms. The Kier molecular flexibility index (Phi) is 4.18. The molecule has 1 aromatic carbocycles. The number of carbonyl (C=O) groups is 1. The molecule has 2 rings (SSSR count). The lowest BCUT2D eigenvalue weighted by Gasteiger charge is -2.14. The van der Waals surface area contributed by atoms with Gasteiger partial charge in [-0.05, 0) is 26.0 Å². The molecule has 1 atom stereocenters. The van der Waals surface area contributed by atoms with Gasteiger partial charge in [-0.15, -0.1) is 0 Å². The molecule has 0 radical (unpaired) electrons. The third kappa shape index (κ3) is 3.84. The molecule has 5 nitrogen and oxygen atoms in total. The van der Waals surface area contributed by atoms with E-state index in [2.05, 4.69) is 15.5 Å². The number of ether oxygens (including phenoxy) is 1. The van der Waals surface area contributed by atoms with Gasteiger partial charge in [0.2, 0.25) is 0 Å². The highest BCUT2D eigenvalue weighted by Crippen LogP contribution is 2.13. The maximum absolute atomic E-state index is 11.8. The van der Waals surface area contributed by atoms with Gasteiger partial charge in [0.1, 0.15) is 5.75 Å². The van der Waals surface area contributed by atoms with E-state index in [1.807, 2.05) is 31.2 Å². The Morgan fingerprint density at radius 3 is 2.79 bits per heavy atom. The number of hydrogen-bond donors (Lipinski definition) is 2. The molecule has 0 bridgehead atoms. The average Bonchev–Trinajstić information content (AvgIpc) is 2.91. The molecule has 1 unspecified atom stereocenters. The lowest BCUT2D eigenvalue weighted by Crippen LogP contribution is -2.35. The van der Waals surface area contributed by atoms with E-state index in [-0.39, 0.29) is 5.91 Å². The average molecular weight is 259 g/mol. The summed E-state index contributed by atoms with van der Waals surface area (Å²) in [6.07, 6.45) is 2.88. The third-order valence-corrected chi connectivity index (χ3v) is 2.72. The number of aryl methyl sites for hydroxylation is 1. The maximum Gasteiger partial charge on any atom is 0.261 e. The van der Waals surface area contributed by atoms with Crippen LogP contribution in [-0.4, -0.2) is 22.2 Å². The van der Waals surface area contributed by atoms with Gasteiger partial charge in [0.25, 0.3) is 5.91 Å². The molecule has 0 saturated heterocycles. The first-order chi connectivity index (χ1) is 9.15. The van der Waals surface area contributed by atoms with Gasteiger partial charge in [-0.25, -0.2) is 0 Å². The van der Waals surface area contributed by atoms with Gasteiger partial charge in [-0.1, -0.05) is 17.7 Å². The smallest absolute Gasteiger partial charge is 0.261 e. The molecule has 2 aromatic rings. The first kappa shape index (κ1) is 13.1. The Morgan fingerprint density at radius 2 is 2.16 bits per heavy atom. The number of amides is 1. The quantitative estimate of drug-likeness (QED) is 0.860. The molecular formula is C14H17N3O2. The Labute approximate surface area is 112 Å². The van der Waals surface area contributed by atoms with E-state index in [0.29, 0.717) is 12.3 Å². The number of hydrogen-bond acceptors (Lipinski definition) is 3. The summed E-state index contributed by atoms with van der Waals surface area (Å²) in [5.41, 5.74) is 2.08. The molecule has 0 saturated carbocycles. The van der Waals surface area contributed by atoms with Crippen LogP contribution in [0.4, 0.5) is 0 Å². The van der Waals surface area contributed by atoms with Crippen LogP contribution in [-0.2, 0) is 11.3 Å². The summed E-state index contributed by atoms with van der Waals surface area (Å²) in [5, 5.41) is 9.30. The summed E-state index contributed by atoms with van der Waals surface area (Å²) < 4.78 is 5.57. The van der Waals surface area contributed by atoms with Crippen LogP contribution in [0.3, 0.4) is 0 Å². The van der Waals surface area contributed by atoms with E-state index in [1.165, 1.54) is 0 Å². The fraction of sp³-hybridized carbons (Fsp3) is 0.286. The van der Waals surface area contributed by atoms with E-state index < -0.39 is 6.10 Å². The van der Waals surface area contributed by atoms with Crippen LogP contribution < -0.4 is 10.1 Å². The number of aromatic nitrogens is 2. The Bertz CT molecular complexity index is 520. The Morgan fingerprint density at radius 1 is 1.42 bits per heavy atom. The normalized spacial score (nSPS) is 11.9. The van der Waals surface area contributed by atoms with Crippen LogP contribution in [0.5, 0.6) is 5.75 Å². The summed E-state index contributed by atoms with van der Waals surface area (Å²) >= 11 is 0. The standard InChI is InChI=1S/C14H17N3O2/c1-10-3-5-13(6-4-10)19-11(2)14(18)15-7-12-8-16-17-9-12/h3-6,8-9,11H,7H2,1-2H3,(H,15,18)(H,16,17). The van der Waals surface area contributed by atoms with Gasteiger partial charge >= 0.3 is 0 Å². The molecule has 0 fully saturated rings. The number of rotatable bonds is 5. The largest absolute Gasteiger partial charge is 0.481 e. The Hall–Kier alpha value is -2.30.